The van der Waals surface area contributed by atoms with E-state index < -0.39 is 0 Å². The fourth-order valence-corrected chi connectivity index (χ4v) is 3.10. The average molecular weight is 315 g/mol. The van der Waals surface area contributed by atoms with Gasteiger partial charge in [0.15, 0.2) is 5.16 Å². The molecule has 2 heterocycles. The number of benzene rings is 1. The number of carbonyl (C=O) groups excluding carboxylic acids is 1. The Labute approximate surface area is 132 Å². The third-order valence-corrected chi connectivity index (χ3v) is 4.49. The highest BCUT2D eigenvalue weighted by Gasteiger charge is 2.30. The molecule has 0 saturated heterocycles. The van der Waals surface area contributed by atoms with E-state index in [4.69, 9.17) is 0 Å². The number of anilines is 1. The molecule has 0 aliphatic carbocycles. The van der Waals surface area contributed by atoms with Crippen LogP contribution in [0.2, 0.25) is 0 Å². The number of nitrogens with one attached hydrogen (secondary N) is 2. The van der Waals surface area contributed by atoms with Crippen LogP contribution in [0.1, 0.15) is 36.0 Å². The summed E-state index contributed by atoms with van der Waals surface area (Å²) >= 11 is 1.34. The van der Waals surface area contributed by atoms with Crippen molar-refractivity contribution in [1.29, 1.82) is 0 Å². The first-order valence-corrected chi connectivity index (χ1v) is 8.41. The topological polar surface area (TPSA) is 74.8 Å². The number of aryl methyl sites for hydroxylation is 1. The van der Waals surface area contributed by atoms with Crippen LogP contribution >= 0.6 is 11.8 Å². The molecule has 0 spiro atoms. The van der Waals surface area contributed by atoms with Gasteiger partial charge in [-0.2, -0.15) is 0 Å². The smallest absolute Gasteiger partial charge is 0.257 e. The number of amides is 1. The number of H-pyrrole nitrogens is 1. The number of thioether (sulfide) groups is 1. The molecule has 2 aromatic rings. The van der Waals surface area contributed by atoms with Crippen LogP contribution in [0.15, 0.2) is 34.2 Å². The Balaban J connectivity index is 2.10. The van der Waals surface area contributed by atoms with Gasteiger partial charge < -0.3 is 10.3 Å². The SMILES string of the molecule is CCc1ccc([C@H]2CC(=O)Nc3nc(SC)[nH]c(=O)c32)cc1. The highest BCUT2D eigenvalue weighted by Crippen LogP contribution is 2.34. The standard InChI is InChI=1S/C16H17N3O2S/c1-3-9-4-6-10(7-5-9)11-8-12(20)17-14-13(11)15(21)19-16(18-14)22-2/h4-7,11H,3,8H2,1-2H3,(H2,17,18,19,20,21)/t11-/m1/s1. The maximum Gasteiger partial charge on any atom is 0.257 e. The number of hydrogen-bond donors (Lipinski definition) is 2. The third kappa shape index (κ3) is 2.66. The summed E-state index contributed by atoms with van der Waals surface area (Å²) in [5.41, 5.74) is 2.56. The Hall–Kier alpha value is -2.08. The minimum atomic E-state index is -0.248. The van der Waals surface area contributed by atoms with Crippen molar-refractivity contribution < 1.29 is 4.79 Å². The molecule has 1 aliphatic heterocycles. The van der Waals surface area contributed by atoms with Crippen molar-refractivity contribution in [2.45, 2.75) is 30.8 Å². The van der Waals surface area contributed by atoms with Crippen LogP contribution in [0.4, 0.5) is 5.82 Å². The predicted molar refractivity (Wildman–Crippen MR) is 87.5 cm³/mol. The molecule has 1 amide bonds. The van der Waals surface area contributed by atoms with Crippen LogP contribution in [-0.2, 0) is 11.2 Å². The Morgan fingerprint density at radius 1 is 1.27 bits per heavy atom. The van der Waals surface area contributed by atoms with Crippen LogP contribution in [0.25, 0.3) is 0 Å². The monoisotopic (exact) mass is 315 g/mol. The van der Waals surface area contributed by atoms with Gasteiger partial charge >= 0.3 is 0 Å². The molecule has 22 heavy (non-hydrogen) atoms. The number of fused-ring (bicyclic) bond motifs is 1. The first kappa shape index (κ1) is 14.8. The molecular weight excluding hydrogens is 298 g/mol. The lowest BCUT2D eigenvalue weighted by Gasteiger charge is -2.24. The summed E-state index contributed by atoms with van der Waals surface area (Å²) in [5.74, 6) is 0.0259. The van der Waals surface area contributed by atoms with Crippen molar-refractivity contribution in [3.63, 3.8) is 0 Å². The summed E-state index contributed by atoms with van der Waals surface area (Å²) in [6, 6.07) is 8.07. The lowest BCUT2D eigenvalue weighted by molar-refractivity contribution is -0.116. The van der Waals surface area contributed by atoms with Crippen molar-refractivity contribution >= 4 is 23.5 Å². The summed E-state index contributed by atoms with van der Waals surface area (Å²) in [5, 5.41) is 3.22. The van der Waals surface area contributed by atoms with Crippen LogP contribution < -0.4 is 10.9 Å². The number of hydrogen-bond acceptors (Lipinski definition) is 4. The van der Waals surface area contributed by atoms with Gasteiger partial charge in [0.25, 0.3) is 5.56 Å². The molecule has 0 fully saturated rings. The minimum Gasteiger partial charge on any atom is -0.310 e. The number of carbonyl (C=O) groups is 1. The lowest BCUT2D eigenvalue weighted by atomic mass is 9.86. The van der Waals surface area contributed by atoms with E-state index in [2.05, 4.69) is 22.2 Å². The van der Waals surface area contributed by atoms with Gasteiger partial charge in [0.2, 0.25) is 5.91 Å². The minimum absolute atomic E-state index is 0.109. The van der Waals surface area contributed by atoms with Crippen LogP contribution in [0.3, 0.4) is 0 Å². The van der Waals surface area contributed by atoms with Crippen molar-refractivity contribution in [2.75, 3.05) is 11.6 Å². The summed E-state index contributed by atoms with van der Waals surface area (Å²) in [6.45, 7) is 2.09. The lowest BCUT2D eigenvalue weighted by Crippen LogP contribution is -2.31. The van der Waals surface area contributed by atoms with Crippen molar-refractivity contribution in [1.82, 2.24) is 9.97 Å². The van der Waals surface area contributed by atoms with Gasteiger partial charge in [-0.25, -0.2) is 4.98 Å². The van der Waals surface area contributed by atoms with Gasteiger partial charge in [0, 0.05) is 12.3 Å². The fourth-order valence-electron chi connectivity index (χ4n) is 2.72. The van der Waals surface area contributed by atoms with Crippen molar-refractivity contribution in [3.05, 3.63) is 51.3 Å². The second-order valence-electron chi connectivity index (χ2n) is 5.24. The largest absolute Gasteiger partial charge is 0.310 e. The molecule has 114 valence electrons. The third-order valence-electron chi connectivity index (χ3n) is 3.91. The first-order valence-electron chi connectivity index (χ1n) is 7.19. The molecule has 0 saturated carbocycles. The van der Waals surface area contributed by atoms with E-state index >= 15 is 0 Å². The molecule has 0 radical (unpaired) electrons. The molecule has 1 aromatic carbocycles. The van der Waals surface area contributed by atoms with Crippen molar-refractivity contribution in [3.8, 4) is 0 Å². The number of nitrogens with zero attached hydrogens (tertiary/aromatic N) is 1. The Morgan fingerprint density at radius 2 is 2.00 bits per heavy atom. The van der Waals surface area contributed by atoms with E-state index in [1.54, 1.807) is 0 Å². The van der Waals surface area contributed by atoms with E-state index in [-0.39, 0.29) is 23.8 Å². The maximum atomic E-state index is 12.4. The second-order valence-corrected chi connectivity index (χ2v) is 6.03. The van der Waals surface area contributed by atoms with Crippen LogP contribution in [0.5, 0.6) is 0 Å². The highest BCUT2D eigenvalue weighted by atomic mass is 32.2. The summed E-state index contributed by atoms with van der Waals surface area (Å²) < 4.78 is 0. The fraction of sp³-hybridized carbons (Fsp3) is 0.312. The molecule has 1 atom stereocenters. The molecule has 0 bridgehead atoms. The quantitative estimate of drug-likeness (QED) is 0.674. The summed E-state index contributed by atoms with van der Waals surface area (Å²) in [7, 11) is 0. The first-order chi connectivity index (χ1) is 10.6. The Kier molecular flexibility index (Phi) is 4.02. The van der Waals surface area contributed by atoms with Gasteiger partial charge in [-0.3, -0.25) is 9.59 Å². The normalized spacial score (nSPS) is 17.0. The molecule has 6 heteroatoms. The number of rotatable bonds is 3. The van der Waals surface area contributed by atoms with Gasteiger partial charge in [-0.05, 0) is 23.8 Å². The Morgan fingerprint density at radius 3 is 2.64 bits per heavy atom. The van der Waals surface area contributed by atoms with Crippen molar-refractivity contribution in [2.24, 2.45) is 0 Å². The number of aromatic amines is 1. The maximum absolute atomic E-state index is 12.4. The molecule has 3 rings (SSSR count). The Bertz CT molecular complexity index is 768. The average Bonchev–Trinajstić information content (AvgIpc) is 2.53. The van der Waals surface area contributed by atoms with E-state index in [1.807, 2.05) is 30.5 Å². The zero-order valence-electron chi connectivity index (χ0n) is 12.5. The molecule has 5 nitrogen and oxygen atoms in total. The van der Waals surface area contributed by atoms with Crippen LogP contribution in [-0.4, -0.2) is 22.1 Å². The van der Waals surface area contributed by atoms with E-state index in [1.165, 1.54) is 17.3 Å². The number of aromatic nitrogens is 2. The molecule has 0 unspecified atom stereocenters. The summed E-state index contributed by atoms with van der Waals surface area (Å²) in [4.78, 5) is 31.5. The molecule has 1 aliphatic rings. The second kappa shape index (κ2) is 5.96. The van der Waals surface area contributed by atoms with Gasteiger partial charge in [0.1, 0.15) is 5.82 Å². The molecular formula is C16H17N3O2S. The van der Waals surface area contributed by atoms with E-state index in [0.29, 0.717) is 16.5 Å². The highest BCUT2D eigenvalue weighted by molar-refractivity contribution is 7.98. The van der Waals surface area contributed by atoms with E-state index in [9.17, 15) is 9.59 Å². The summed E-state index contributed by atoms with van der Waals surface area (Å²) in [6.07, 6.45) is 3.05. The van der Waals surface area contributed by atoms with Gasteiger partial charge in [-0.15, -0.1) is 0 Å². The molecule has 1 aromatic heterocycles. The predicted octanol–water partition coefficient (Wildman–Crippen LogP) is 2.53. The van der Waals surface area contributed by atoms with Gasteiger partial charge in [-0.1, -0.05) is 43.0 Å². The van der Waals surface area contributed by atoms with E-state index in [0.717, 1.165) is 12.0 Å². The molecule has 2 N–H and O–H groups in total. The van der Waals surface area contributed by atoms with Gasteiger partial charge in [0.05, 0.1) is 5.56 Å². The zero-order valence-corrected chi connectivity index (χ0v) is 13.3. The zero-order chi connectivity index (χ0) is 15.7. The van der Waals surface area contributed by atoms with Crippen LogP contribution in [0, 0.1) is 0 Å².